The first-order valence-corrected chi connectivity index (χ1v) is 9.06. The van der Waals surface area contributed by atoms with Crippen LogP contribution in [0.5, 0.6) is 11.5 Å². The summed E-state index contributed by atoms with van der Waals surface area (Å²) in [7, 11) is 0. The quantitative estimate of drug-likeness (QED) is 0.655. The van der Waals surface area contributed by atoms with Crippen molar-refractivity contribution < 1.29 is 9.53 Å². The molecule has 2 aromatic rings. The van der Waals surface area contributed by atoms with Crippen molar-refractivity contribution in [3.63, 3.8) is 0 Å². The number of carbonyl (C=O) groups excluding carboxylic acids is 1. The monoisotopic (exact) mass is 340 g/mol. The molecule has 0 atom stereocenters. The first kappa shape index (κ1) is 19.0. The Morgan fingerprint density at radius 2 is 1.68 bits per heavy atom. The maximum absolute atomic E-state index is 12.3. The minimum absolute atomic E-state index is 0.0543. The molecule has 2 aromatic carbocycles. The smallest absolute Gasteiger partial charge is 0.251 e. The number of hydrogen-bond acceptors (Lipinski definition) is 3. The third kappa shape index (κ3) is 6.59. The summed E-state index contributed by atoms with van der Waals surface area (Å²) in [6, 6.07) is 16.8. The molecule has 0 aliphatic heterocycles. The van der Waals surface area contributed by atoms with Gasteiger partial charge in [-0.15, -0.1) is 0 Å². The van der Waals surface area contributed by atoms with E-state index in [1.54, 1.807) is 6.07 Å². The van der Waals surface area contributed by atoms with E-state index in [0.717, 1.165) is 38.2 Å². The van der Waals surface area contributed by atoms with Gasteiger partial charge in [0.05, 0.1) is 0 Å². The number of hydrogen-bond donors (Lipinski definition) is 1. The third-order valence-electron chi connectivity index (χ3n) is 4.16. The van der Waals surface area contributed by atoms with E-state index in [1.165, 1.54) is 0 Å². The molecule has 0 heterocycles. The van der Waals surface area contributed by atoms with E-state index in [0.29, 0.717) is 17.9 Å². The second-order valence-electron chi connectivity index (χ2n) is 5.93. The van der Waals surface area contributed by atoms with Crippen LogP contribution >= 0.6 is 0 Å². The van der Waals surface area contributed by atoms with Gasteiger partial charge in [0.15, 0.2) is 0 Å². The number of nitrogens with one attached hydrogen (secondary N) is 1. The van der Waals surface area contributed by atoms with Crippen LogP contribution in [0, 0.1) is 0 Å². The third-order valence-corrected chi connectivity index (χ3v) is 4.16. The normalized spacial score (nSPS) is 10.7. The highest BCUT2D eigenvalue weighted by atomic mass is 16.5. The van der Waals surface area contributed by atoms with Crippen molar-refractivity contribution in [3.05, 3.63) is 60.2 Å². The Balaban J connectivity index is 1.79. The number of carbonyl (C=O) groups is 1. The van der Waals surface area contributed by atoms with Crippen molar-refractivity contribution in [2.75, 3.05) is 26.2 Å². The van der Waals surface area contributed by atoms with Gasteiger partial charge in [-0.3, -0.25) is 4.79 Å². The fourth-order valence-electron chi connectivity index (χ4n) is 2.63. The molecule has 25 heavy (non-hydrogen) atoms. The van der Waals surface area contributed by atoms with Gasteiger partial charge < -0.3 is 15.0 Å². The van der Waals surface area contributed by atoms with Gasteiger partial charge in [-0.05, 0) is 62.8 Å². The summed E-state index contributed by atoms with van der Waals surface area (Å²) in [5.74, 6) is 1.37. The maximum atomic E-state index is 12.3. The minimum Gasteiger partial charge on any atom is -0.457 e. The molecule has 0 fully saturated rings. The first-order valence-electron chi connectivity index (χ1n) is 9.06. The van der Waals surface area contributed by atoms with E-state index < -0.39 is 0 Å². The standard InChI is InChI=1S/C21H28N2O2/c1-3-23(4-2)16-9-8-15-22-21(24)18-11-10-14-20(17-18)25-19-12-6-5-7-13-19/h5-7,10-14,17H,3-4,8-9,15-16H2,1-2H3,(H,22,24). The molecule has 0 unspecified atom stereocenters. The topological polar surface area (TPSA) is 41.6 Å². The Bertz CT molecular complexity index is 639. The summed E-state index contributed by atoms with van der Waals surface area (Å²) in [5.41, 5.74) is 0.622. The van der Waals surface area contributed by atoms with Crippen LogP contribution in [0.3, 0.4) is 0 Å². The molecule has 2 rings (SSSR count). The predicted octanol–water partition coefficient (Wildman–Crippen LogP) is 4.33. The lowest BCUT2D eigenvalue weighted by Crippen LogP contribution is -2.27. The van der Waals surface area contributed by atoms with Crippen LogP contribution in [0.2, 0.25) is 0 Å². The van der Waals surface area contributed by atoms with Gasteiger partial charge in [-0.1, -0.05) is 38.1 Å². The van der Waals surface area contributed by atoms with E-state index in [-0.39, 0.29) is 5.91 Å². The van der Waals surface area contributed by atoms with Gasteiger partial charge in [0.1, 0.15) is 11.5 Å². The van der Waals surface area contributed by atoms with Crippen LogP contribution < -0.4 is 10.1 Å². The number of amides is 1. The van der Waals surface area contributed by atoms with Crippen molar-refractivity contribution in [1.82, 2.24) is 10.2 Å². The molecule has 0 aliphatic carbocycles. The predicted molar refractivity (Wildman–Crippen MR) is 102 cm³/mol. The Hall–Kier alpha value is -2.33. The van der Waals surface area contributed by atoms with Crippen molar-refractivity contribution in [2.45, 2.75) is 26.7 Å². The molecular formula is C21H28N2O2. The number of rotatable bonds is 10. The highest BCUT2D eigenvalue weighted by Gasteiger charge is 2.07. The zero-order valence-electron chi connectivity index (χ0n) is 15.2. The van der Waals surface area contributed by atoms with Crippen LogP contribution in [-0.2, 0) is 0 Å². The number of para-hydroxylation sites is 1. The zero-order chi connectivity index (χ0) is 17.9. The first-order chi connectivity index (χ1) is 12.2. The van der Waals surface area contributed by atoms with Crippen LogP contribution in [0.4, 0.5) is 0 Å². The molecule has 0 aromatic heterocycles. The largest absolute Gasteiger partial charge is 0.457 e. The fourth-order valence-corrected chi connectivity index (χ4v) is 2.63. The van der Waals surface area contributed by atoms with Gasteiger partial charge in [-0.2, -0.15) is 0 Å². The number of ether oxygens (including phenoxy) is 1. The van der Waals surface area contributed by atoms with Gasteiger partial charge >= 0.3 is 0 Å². The maximum Gasteiger partial charge on any atom is 0.251 e. The van der Waals surface area contributed by atoms with Gasteiger partial charge in [0.25, 0.3) is 5.91 Å². The lowest BCUT2D eigenvalue weighted by molar-refractivity contribution is 0.0952. The van der Waals surface area contributed by atoms with Crippen molar-refractivity contribution in [1.29, 1.82) is 0 Å². The molecule has 0 aliphatic rings. The number of unbranched alkanes of at least 4 members (excludes halogenated alkanes) is 1. The highest BCUT2D eigenvalue weighted by Crippen LogP contribution is 2.21. The zero-order valence-corrected chi connectivity index (χ0v) is 15.2. The summed E-state index contributed by atoms with van der Waals surface area (Å²) >= 11 is 0. The Kier molecular flexibility index (Phi) is 7.99. The van der Waals surface area contributed by atoms with Crippen LogP contribution in [0.15, 0.2) is 54.6 Å². The van der Waals surface area contributed by atoms with E-state index in [4.69, 9.17) is 4.74 Å². The molecule has 0 radical (unpaired) electrons. The lowest BCUT2D eigenvalue weighted by Gasteiger charge is -2.17. The van der Waals surface area contributed by atoms with Gasteiger partial charge in [0, 0.05) is 12.1 Å². The number of nitrogens with zero attached hydrogens (tertiary/aromatic N) is 1. The second-order valence-corrected chi connectivity index (χ2v) is 5.93. The molecule has 0 bridgehead atoms. The van der Waals surface area contributed by atoms with Crippen molar-refractivity contribution in [2.24, 2.45) is 0 Å². The minimum atomic E-state index is -0.0543. The lowest BCUT2D eigenvalue weighted by atomic mass is 10.2. The second kappa shape index (κ2) is 10.5. The Morgan fingerprint density at radius 3 is 2.40 bits per heavy atom. The van der Waals surface area contributed by atoms with E-state index in [2.05, 4.69) is 24.1 Å². The van der Waals surface area contributed by atoms with Crippen molar-refractivity contribution in [3.8, 4) is 11.5 Å². The average molecular weight is 340 g/mol. The molecule has 1 N–H and O–H groups in total. The molecule has 1 amide bonds. The molecule has 4 nitrogen and oxygen atoms in total. The molecule has 0 saturated heterocycles. The van der Waals surface area contributed by atoms with Crippen molar-refractivity contribution >= 4 is 5.91 Å². The molecule has 0 saturated carbocycles. The van der Waals surface area contributed by atoms with Crippen LogP contribution in [0.1, 0.15) is 37.0 Å². The molecular weight excluding hydrogens is 312 g/mol. The van der Waals surface area contributed by atoms with Crippen LogP contribution in [-0.4, -0.2) is 37.0 Å². The summed E-state index contributed by atoms with van der Waals surface area (Å²) in [5, 5.41) is 2.99. The van der Waals surface area contributed by atoms with E-state index in [1.807, 2.05) is 48.5 Å². The SMILES string of the molecule is CCN(CC)CCCCNC(=O)c1cccc(Oc2ccccc2)c1. The van der Waals surface area contributed by atoms with E-state index in [9.17, 15) is 4.79 Å². The summed E-state index contributed by atoms with van der Waals surface area (Å²) in [6.07, 6.45) is 2.08. The summed E-state index contributed by atoms with van der Waals surface area (Å²) in [4.78, 5) is 14.7. The van der Waals surface area contributed by atoms with Crippen LogP contribution in [0.25, 0.3) is 0 Å². The van der Waals surface area contributed by atoms with Gasteiger partial charge in [0.2, 0.25) is 0 Å². The van der Waals surface area contributed by atoms with Gasteiger partial charge in [-0.25, -0.2) is 0 Å². The Morgan fingerprint density at radius 1 is 0.960 bits per heavy atom. The molecule has 134 valence electrons. The summed E-state index contributed by atoms with van der Waals surface area (Å²) in [6.45, 7) is 8.30. The fraction of sp³-hybridized carbons (Fsp3) is 0.381. The highest BCUT2D eigenvalue weighted by molar-refractivity contribution is 5.94. The molecule has 4 heteroatoms. The molecule has 0 spiro atoms. The Labute approximate surface area is 150 Å². The summed E-state index contributed by atoms with van der Waals surface area (Å²) < 4.78 is 5.78. The number of benzene rings is 2. The van der Waals surface area contributed by atoms with E-state index >= 15 is 0 Å². The average Bonchev–Trinajstić information content (AvgIpc) is 2.65.